The van der Waals surface area contributed by atoms with Crippen LogP contribution in [0.15, 0.2) is 76.0 Å². The fourth-order valence-corrected chi connectivity index (χ4v) is 4.76. The average molecular weight is 435 g/mol. The van der Waals surface area contributed by atoms with Gasteiger partial charge in [-0.25, -0.2) is 0 Å². The maximum Gasteiger partial charge on any atom is 0.254 e. The first-order chi connectivity index (χ1) is 15.0. The lowest BCUT2D eigenvalue weighted by atomic mass is 9.75. The average Bonchev–Trinajstić information content (AvgIpc) is 2.78. The molecule has 4 rings (SSSR count). The number of Topliss-reactive ketones (excluding diaryl/α,β-unsaturated/α-hetero) is 1. The van der Waals surface area contributed by atoms with E-state index >= 15 is 0 Å². The van der Waals surface area contributed by atoms with Crippen LogP contribution in [0.4, 0.5) is 5.69 Å². The number of ether oxygens (including phenoxy) is 1. The van der Waals surface area contributed by atoms with Gasteiger partial charge in [0.15, 0.2) is 5.78 Å². The molecule has 0 saturated carbocycles. The van der Waals surface area contributed by atoms with Crippen LogP contribution in [-0.2, 0) is 9.59 Å². The Labute approximate surface area is 187 Å². The fraction of sp³-hybridized carbons (Fsp3) is 0.280. The van der Waals surface area contributed by atoms with Gasteiger partial charge in [0.25, 0.3) is 5.91 Å². The number of hydrogen-bond acceptors (Lipinski definition) is 5. The summed E-state index contributed by atoms with van der Waals surface area (Å²) in [6.45, 7) is 1.91. The fourth-order valence-electron chi connectivity index (χ4n) is 4.35. The zero-order chi connectivity index (χ0) is 22.0. The molecular formula is C25H26N2O3S. The van der Waals surface area contributed by atoms with Crippen molar-refractivity contribution in [3.05, 3.63) is 76.6 Å². The molecule has 0 radical (unpaired) electrons. The molecule has 0 spiro atoms. The minimum Gasteiger partial charge on any atom is -0.495 e. The van der Waals surface area contributed by atoms with E-state index in [4.69, 9.17) is 4.74 Å². The molecule has 0 saturated heterocycles. The Hall–Kier alpha value is -2.99. The number of allylic oxidation sites excluding steroid dienone is 3. The second-order valence-electron chi connectivity index (χ2n) is 7.69. The Kier molecular flexibility index (Phi) is 6.18. The number of anilines is 1. The molecule has 160 valence electrons. The number of methoxy groups -OCH3 is 1. The molecule has 1 aliphatic heterocycles. The van der Waals surface area contributed by atoms with Crippen LogP contribution in [0.3, 0.4) is 0 Å². The number of nitrogens with one attached hydrogen (secondary N) is 2. The zero-order valence-electron chi connectivity index (χ0n) is 18.0. The molecule has 1 atom stereocenters. The first kappa shape index (κ1) is 21.2. The predicted octanol–water partition coefficient (Wildman–Crippen LogP) is 5.02. The molecule has 1 heterocycles. The summed E-state index contributed by atoms with van der Waals surface area (Å²) in [4.78, 5) is 27.7. The third-order valence-corrected chi connectivity index (χ3v) is 6.57. The van der Waals surface area contributed by atoms with E-state index in [1.54, 1.807) is 24.9 Å². The highest BCUT2D eigenvalue weighted by Crippen LogP contribution is 2.43. The van der Waals surface area contributed by atoms with Gasteiger partial charge in [-0.05, 0) is 55.9 Å². The van der Waals surface area contributed by atoms with Crippen molar-refractivity contribution in [1.82, 2.24) is 5.32 Å². The van der Waals surface area contributed by atoms with Crippen molar-refractivity contribution in [3.63, 3.8) is 0 Å². The topological polar surface area (TPSA) is 67.4 Å². The molecule has 2 N–H and O–H groups in total. The molecule has 0 bridgehead atoms. The third-order valence-electron chi connectivity index (χ3n) is 5.82. The lowest BCUT2D eigenvalue weighted by molar-refractivity contribution is -0.116. The highest BCUT2D eigenvalue weighted by molar-refractivity contribution is 7.98. The molecule has 5 nitrogen and oxygen atoms in total. The second kappa shape index (κ2) is 9.02. The van der Waals surface area contributed by atoms with Crippen molar-refractivity contribution in [2.24, 2.45) is 0 Å². The van der Waals surface area contributed by atoms with Crippen LogP contribution in [-0.4, -0.2) is 25.1 Å². The number of thioether (sulfide) groups is 1. The number of benzene rings is 2. The van der Waals surface area contributed by atoms with Gasteiger partial charge in [-0.2, -0.15) is 0 Å². The monoisotopic (exact) mass is 434 g/mol. The number of rotatable bonds is 5. The first-order valence-corrected chi connectivity index (χ1v) is 11.6. The van der Waals surface area contributed by atoms with Gasteiger partial charge in [0, 0.05) is 39.8 Å². The largest absolute Gasteiger partial charge is 0.495 e. The summed E-state index contributed by atoms with van der Waals surface area (Å²) in [5, 5.41) is 6.35. The van der Waals surface area contributed by atoms with E-state index in [0.717, 1.165) is 40.3 Å². The van der Waals surface area contributed by atoms with Gasteiger partial charge in [-0.1, -0.05) is 24.3 Å². The summed E-state index contributed by atoms with van der Waals surface area (Å²) in [5.74, 6) is 0.0724. The van der Waals surface area contributed by atoms with Crippen LogP contribution in [0.5, 0.6) is 5.75 Å². The number of carbonyl (C=O) groups excluding carboxylic acids is 2. The number of dihydropyridines is 1. The molecule has 1 amide bonds. The molecule has 6 heteroatoms. The Balaban J connectivity index is 1.78. The Bertz CT molecular complexity index is 1090. The van der Waals surface area contributed by atoms with E-state index < -0.39 is 5.92 Å². The molecular weight excluding hydrogens is 408 g/mol. The van der Waals surface area contributed by atoms with Crippen LogP contribution in [0, 0.1) is 0 Å². The van der Waals surface area contributed by atoms with Gasteiger partial charge in [-0.3, -0.25) is 9.59 Å². The van der Waals surface area contributed by atoms with Gasteiger partial charge < -0.3 is 15.4 Å². The second-order valence-corrected chi connectivity index (χ2v) is 8.57. The smallest absolute Gasteiger partial charge is 0.254 e. The Morgan fingerprint density at radius 1 is 1.13 bits per heavy atom. The SMILES string of the molecule is COc1ccccc1NC(=O)C1=C(C)NC2=C(C(=O)CCC2)[C@H]1c1ccc(SC)cc1. The van der Waals surface area contributed by atoms with Crippen molar-refractivity contribution in [2.45, 2.75) is 37.0 Å². The van der Waals surface area contributed by atoms with Crippen LogP contribution in [0.1, 0.15) is 37.7 Å². The van der Waals surface area contributed by atoms with Crippen molar-refractivity contribution in [2.75, 3.05) is 18.7 Å². The summed E-state index contributed by atoms with van der Waals surface area (Å²) in [6, 6.07) is 15.5. The Morgan fingerprint density at radius 2 is 1.87 bits per heavy atom. The van der Waals surface area contributed by atoms with E-state index in [1.807, 2.05) is 55.6 Å². The molecule has 0 fully saturated rings. The van der Waals surface area contributed by atoms with E-state index in [9.17, 15) is 9.59 Å². The molecule has 0 aromatic heterocycles. The van der Waals surface area contributed by atoms with Crippen LogP contribution in [0.2, 0.25) is 0 Å². The minimum absolute atomic E-state index is 0.114. The molecule has 31 heavy (non-hydrogen) atoms. The van der Waals surface area contributed by atoms with Gasteiger partial charge in [0.1, 0.15) is 5.75 Å². The lowest BCUT2D eigenvalue weighted by Crippen LogP contribution is -2.35. The van der Waals surface area contributed by atoms with E-state index in [1.165, 1.54) is 0 Å². The molecule has 1 aliphatic carbocycles. The summed E-state index contributed by atoms with van der Waals surface area (Å²) >= 11 is 1.66. The van der Waals surface area contributed by atoms with Crippen molar-refractivity contribution >= 4 is 29.1 Å². The van der Waals surface area contributed by atoms with E-state index in [-0.39, 0.29) is 11.7 Å². The van der Waals surface area contributed by atoms with Crippen LogP contribution in [0.25, 0.3) is 0 Å². The summed E-state index contributed by atoms with van der Waals surface area (Å²) in [6.07, 6.45) is 4.19. The van der Waals surface area contributed by atoms with Crippen molar-refractivity contribution in [1.29, 1.82) is 0 Å². The molecule has 2 aromatic rings. The molecule has 2 aromatic carbocycles. The Morgan fingerprint density at radius 3 is 2.58 bits per heavy atom. The van der Waals surface area contributed by atoms with Gasteiger partial charge >= 0.3 is 0 Å². The molecule has 2 aliphatic rings. The maximum absolute atomic E-state index is 13.5. The van der Waals surface area contributed by atoms with Crippen LogP contribution >= 0.6 is 11.8 Å². The van der Waals surface area contributed by atoms with Gasteiger partial charge in [0.05, 0.1) is 12.8 Å². The minimum atomic E-state index is -0.394. The summed E-state index contributed by atoms with van der Waals surface area (Å²) in [7, 11) is 1.57. The number of ketones is 1. The van der Waals surface area contributed by atoms with Crippen molar-refractivity contribution < 1.29 is 14.3 Å². The number of hydrogen-bond donors (Lipinski definition) is 2. The van der Waals surface area contributed by atoms with Gasteiger partial charge in [-0.15, -0.1) is 11.8 Å². The maximum atomic E-state index is 13.5. The standard InChI is InChI=1S/C25H26N2O3S/c1-15-22(25(29)27-18-7-4-5-10-21(18)30-2)23(16-11-13-17(31-3)14-12-16)24-19(26-15)8-6-9-20(24)28/h4-5,7,10-14,23,26H,6,8-9H2,1-3H3,(H,27,29)/t23-/m0/s1. The van der Waals surface area contributed by atoms with E-state index in [2.05, 4.69) is 10.6 Å². The molecule has 0 unspecified atom stereocenters. The first-order valence-electron chi connectivity index (χ1n) is 10.4. The summed E-state index contributed by atoms with van der Waals surface area (Å²) < 4.78 is 5.39. The third kappa shape index (κ3) is 4.12. The quantitative estimate of drug-likeness (QED) is 0.647. The van der Waals surface area contributed by atoms with Crippen LogP contribution < -0.4 is 15.4 Å². The normalized spacial score (nSPS) is 18.4. The highest BCUT2D eigenvalue weighted by atomic mass is 32.2. The number of amides is 1. The number of carbonyl (C=O) groups is 2. The van der Waals surface area contributed by atoms with E-state index in [0.29, 0.717) is 23.4 Å². The highest BCUT2D eigenvalue weighted by Gasteiger charge is 2.38. The zero-order valence-corrected chi connectivity index (χ0v) is 18.8. The predicted molar refractivity (Wildman–Crippen MR) is 124 cm³/mol. The van der Waals surface area contributed by atoms with Crippen molar-refractivity contribution in [3.8, 4) is 5.75 Å². The summed E-state index contributed by atoms with van der Waals surface area (Å²) in [5.41, 5.74) is 4.56. The van der Waals surface area contributed by atoms with Gasteiger partial charge in [0.2, 0.25) is 0 Å². The number of para-hydroxylation sites is 2. The lowest BCUT2D eigenvalue weighted by Gasteiger charge is -2.34.